The second kappa shape index (κ2) is 8.13. The summed E-state index contributed by atoms with van der Waals surface area (Å²) in [6, 6.07) is 0.0882. The van der Waals surface area contributed by atoms with E-state index in [1.165, 1.54) is 0 Å². The van der Waals surface area contributed by atoms with Crippen LogP contribution in [0, 0.1) is 11.3 Å². The van der Waals surface area contributed by atoms with Crippen molar-refractivity contribution in [3.05, 3.63) is 0 Å². The van der Waals surface area contributed by atoms with E-state index in [-0.39, 0.29) is 18.6 Å². The van der Waals surface area contributed by atoms with Crippen LogP contribution in [0.25, 0.3) is 0 Å². The number of carbonyl (C=O) groups is 2. The average molecular weight is 327 g/mol. The van der Waals surface area contributed by atoms with Crippen LogP contribution in [0.1, 0.15) is 73.1 Å². The van der Waals surface area contributed by atoms with Crippen molar-refractivity contribution in [1.82, 2.24) is 5.32 Å². The fourth-order valence-electron chi connectivity index (χ4n) is 3.14. The maximum atomic E-state index is 12.8. The first-order chi connectivity index (χ1) is 10.7. The molecule has 0 aliphatic heterocycles. The van der Waals surface area contributed by atoms with Crippen LogP contribution in [0.4, 0.5) is 0 Å². The van der Waals surface area contributed by atoms with Gasteiger partial charge in [-0.2, -0.15) is 0 Å². The molecule has 1 amide bonds. The van der Waals surface area contributed by atoms with Crippen LogP contribution in [0.5, 0.6) is 0 Å². The summed E-state index contributed by atoms with van der Waals surface area (Å²) in [4.78, 5) is 25.4. The Hall–Kier alpha value is -1.10. The van der Waals surface area contributed by atoms with E-state index in [1.54, 1.807) is 0 Å². The SMILES string of the molecule is CCC(CC)(C(=O)NC1CCC(CO)CC1)C(=O)OC(C)(C)C. The molecule has 0 unspecified atom stereocenters. The Balaban J connectivity index is 2.76. The van der Waals surface area contributed by atoms with Crippen LogP contribution in [0.15, 0.2) is 0 Å². The molecule has 1 aliphatic rings. The van der Waals surface area contributed by atoms with Crippen molar-refractivity contribution in [3.63, 3.8) is 0 Å². The molecule has 0 aromatic heterocycles. The minimum absolute atomic E-state index is 0.0882. The first kappa shape index (κ1) is 19.9. The van der Waals surface area contributed by atoms with E-state index in [0.717, 1.165) is 25.7 Å². The molecule has 0 aromatic carbocycles. The fraction of sp³-hybridized carbons (Fsp3) is 0.889. The topological polar surface area (TPSA) is 75.6 Å². The molecule has 1 rings (SSSR count). The van der Waals surface area contributed by atoms with Crippen molar-refractivity contribution < 1.29 is 19.4 Å². The van der Waals surface area contributed by atoms with E-state index in [0.29, 0.717) is 18.8 Å². The minimum Gasteiger partial charge on any atom is -0.459 e. The Labute approximate surface area is 140 Å². The molecule has 5 nitrogen and oxygen atoms in total. The third-order valence-corrected chi connectivity index (χ3v) is 4.87. The lowest BCUT2D eigenvalue weighted by Crippen LogP contribution is -2.51. The maximum Gasteiger partial charge on any atom is 0.322 e. The highest BCUT2D eigenvalue weighted by atomic mass is 16.6. The molecule has 0 spiro atoms. The Morgan fingerprint density at radius 2 is 1.61 bits per heavy atom. The third kappa shape index (κ3) is 5.20. The molecular formula is C18H33NO4. The van der Waals surface area contributed by atoms with Crippen molar-refractivity contribution in [2.24, 2.45) is 11.3 Å². The van der Waals surface area contributed by atoms with Gasteiger partial charge in [0.25, 0.3) is 0 Å². The van der Waals surface area contributed by atoms with Gasteiger partial charge in [-0.1, -0.05) is 13.8 Å². The zero-order valence-electron chi connectivity index (χ0n) is 15.3. The first-order valence-electron chi connectivity index (χ1n) is 8.83. The number of ether oxygens (including phenoxy) is 1. The van der Waals surface area contributed by atoms with Crippen molar-refractivity contribution in [3.8, 4) is 0 Å². The maximum absolute atomic E-state index is 12.8. The summed E-state index contributed by atoms with van der Waals surface area (Å²) in [5, 5.41) is 12.2. The average Bonchev–Trinajstić information content (AvgIpc) is 2.48. The molecule has 1 saturated carbocycles. The van der Waals surface area contributed by atoms with Gasteiger partial charge in [0.05, 0.1) is 0 Å². The molecular weight excluding hydrogens is 294 g/mol. The van der Waals surface area contributed by atoms with Crippen molar-refractivity contribution >= 4 is 11.9 Å². The van der Waals surface area contributed by atoms with Gasteiger partial charge in [0.15, 0.2) is 0 Å². The number of esters is 1. The third-order valence-electron chi connectivity index (χ3n) is 4.87. The summed E-state index contributed by atoms with van der Waals surface area (Å²) in [5.41, 5.74) is -1.72. The molecule has 1 fully saturated rings. The molecule has 0 atom stereocenters. The lowest BCUT2D eigenvalue weighted by Gasteiger charge is -2.35. The summed E-state index contributed by atoms with van der Waals surface area (Å²) in [5.74, 6) is -0.308. The van der Waals surface area contributed by atoms with Gasteiger partial charge in [-0.15, -0.1) is 0 Å². The van der Waals surface area contributed by atoms with Crippen LogP contribution in [0.3, 0.4) is 0 Å². The minimum atomic E-state index is -1.11. The number of hydrogen-bond donors (Lipinski definition) is 2. The van der Waals surface area contributed by atoms with Gasteiger partial charge in [0, 0.05) is 12.6 Å². The largest absolute Gasteiger partial charge is 0.459 e. The van der Waals surface area contributed by atoms with E-state index in [9.17, 15) is 14.7 Å². The van der Waals surface area contributed by atoms with Crippen molar-refractivity contribution in [2.45, 2.75) is 84.8 Å². The Kier molecular flexibility index (Phi) is 7.05. The lowest BCUT2D eigenvalue weighted by atomic mass is 9.80. The molecule has 2 N–H and O–H groups in total. The Morgan fingerprint density at radius 3 is 2.00 bits per heavy atom. The molecule has 134 valence electrons. The number of aliphatic hydroxyl groups is 1. The number of aliphatic hydroxyl groups excluding tert-OH is 1. The van der Waals surface area contributed by atoms with Gasteiger partial charge < -0.3 is 15.2 Å². The molecule has 0 radical (unpaired) electrons. The zero-order valence-corrected chi connectivity index (χ0v) is 15.3. The molecule has 5 heteroatoms. The van der Waals surface area contributed by atoms with Gasteiger partial charge in [0.2, 0.25) is 5.91 Å². The standard InChI is InChI=1S/C18H33NO4/c1-6-18(7-2,16(22)23-17(3,4)5)15(21)19-14-10-8-13(12-20)9-11-14/h13-14,20H,6-12H2,1-5H3,(H,19,21). The number of nitrogens with one attached hydrogen (secondary N) is 1. The van der Waals surface area contributed by atoms with Crippen LogP contribution >= 0.6 is 0 Å². The Morgan fingerprint density at radius 1 is 1.09 bits per heavy atom. The van der Waals surface area contributed by atoms with Gasteiger partial charge in [-0.05, 0) is 65.2 Å². The van der Waals surface area contributed by atoms with Gasteiger partial charge in [-0.3, -0.25) is 9.59 Å². The fourth-order valence-corrected chi connectivity index (χ4v) is 3.14. The van der Waals surface area contributed by atoms with E-state index < -0.39 is 17.0 Å². The summed E-state index contributed by atoms with van der Waals surface area (Å²) in [6.45, 7) is 9.37. The summed E-state index contributed by atoms with van der Waals surface area (Å²) >= 11 is 0. The number of hydrogen-bond acceptors (Lipinski definition) is 4. The predicted molar refractivity (Wildman–Crippen MR) is 89.8 cm³/mol. The van der Waals surface area contributed by atoms with Crippen LogP contribution < -0.4 is 5.32 Å². The first-order valence-corrected chi connectivity index (χ1v) is 8.83. The predicted octanol–water partition coefficient (Wildman–Crippen LogP) is 2.80. The summed E-state index contributed by atoms with van der Waals surface area (Å²) in [7, 11) is 0. The van der Waals surface area contributed by atoms with E-state index in [4.69, 9.17) is 4.74 Å². The van der Waals surface area contributed by atoms with E-state index in [2.05, 4.69) is 5.32 Å². The second-order valence-corrected chi connectivity index (χ2v) is 7.66. The number of carbonyl (C=O) groups excluding carboxylic acids is 2. The highest BCUT2D eigenvalue weighted by Gasteiger charge is 2.46. The molecule has 0 saturated heterocycles. The highest BCUT2D eigenvalue weighted by molar-refractivity contribution is 6.02. The number of amides is 1. The van der Waals surface area contributed by atoms with Crippen LogP contribution in [0.2, 0.25) is 0 Å². The quantitative estimate of drug-likeness (QED) is 0.581. The van der Waals surface area contributed by atoms with Gasteiger partial charge >= 0.3 is 5.97 Å². The zero-order chi connectivity index (χ0) is 17.7. The monoisotopic (exact) mass is 327 g/mol. The molecule has 0 bridgehead atoms. The normalized spacial score (nSPS) is 22.5. The van der Waals surface area contributed by atoms with Crippen molar-refractivity contribution in [1.29, 1.82) is 0 Å². The molecule has 23 heavy (non-hydrogen) atoms. The van der Waals surface area contributed by atoms with Crippen molar-refractivity contribution in [2.75, 3.05) is 6.61 Å². The summed E-state index contributed by atoms with van der Waals surface area (Å²) in [6.07, 6.45) is 4.40. The molecule has 1 aliphatic carbocycles. The number of rotatable bonds is 6. The molecule has 0 heterocycles. The van der Waals surface area contributed by atoms with Gasteiger partial charge in [-0.25, -0.2) is 0 Å². The van der Waals surface area contributed by atoms with Crippen LogP contribution in [-0.4, -0.2) is 35.2 Å². The van der Waals surface area contributed by atoms with Gasteiger partial charge in [0.1, 0.15) is 11.0 Å². The summed E-state index contributed by atoms with van der Waals surface area (Å²) < 4.78 is 5.50. The van der Waals surface area contributed by atoms with E-state index in [1.807, 2.05) is 34.6 Å². The highest BCUT2D eigenvalue weighted by Crippen LogP contribution is 2.32. The van der Waals surface area contributed by atoms with Crippen LogP contribution in [-0.2, 0) is 14.3 Å². The second-order valence-electron chi connectivity index (χ2n) is 7.66. The lowest BCUT2D eigenvalue weighted by molar-refractivity contribution is -0.172. The smallest absolute Gasteiger partial charge is 0.322 e. The van der Waals surface area contributed by atoms with E-state index >= 15 is 0 Å². The molecule has 0 aromatic rings. The Bertz CT molecular complexity index is 402.